The lowest BCUT2D eigenvalue weighted by molar-refractivity contribution is 0.474. The Balaban J connectivity index is 1.81. The highest BCUT2D eigenvalue weighted by Gasteiger charge is 2.04. The fourth-order valence-corrected chi connectivity index (χ4v) is 2.30. The largest absolute Gasteiger partial charge is 0.508 e. The first kappa shape index (κ1) is 12.5. The van der Waals surface area contributed by atoms with Crippen molar-refractivity contribution in [3.05, 3.63) is 53.9 Å². The molecule has 0 amide bonds. The summed E-state index contributed by atoms with van der Waals surface area (Å²) < 4.78 is 2.08. The molecule has 0 spiro atoms. The second-order valence-electron chi connectivity index (χ2n) is 4.94. The minimum Gasteiger partial charge on any atom is -0.508 e. The van der Waals surface area contributed by atoms with Gasteiger partial charge in [-0.3, -0.25) is 0 Å². The summed E-state index contributed by atoms with van der Waals surface area (Å²) >= 11 is 0. The van der Waals surface area contributed by atoms with Gasteiger partial charge in [-0.1, -0.05) is 12.1 Å². The standard InChI is InChI=1S/C16H17N3O/c1-11-18-15-9-13(6-7-16(15)19(11)2)17-10-12-4-3-5-14(20)8-12/h3-9,17,20H,10H2,1-2H3. The number of rotatable bonds is 3. The first-order valence-corrected chi connectivity index (χ1v) is 6.58. The minimum atomic E-state index is 0.292. The molecule has 4 heteroatoms. The highest BCUT2D eigenvalue weighted by molar-refractivity contribution is 5.80. The van der Waals surface area contributed by atoms with Gasteiger partial charge in [0, 0.05) is 19.3 Å². The Kier molecular flexibility index (Phi) is 3.06. The number of aryl methyl sites for hydroxylation is 2. The molecule has 3 rings (SSSR count). The van der Waals surface area contributed by atoms with E-state index in [1.165, 1.54) is 0 Å². The summed E-state index contributed by atoms with van der Waals surface area (Å²) in [5.41, 5.74) is 4.19. The third-order valence-electron chi connectivity index (χ3n) is 3.51. The molecule has 0 atom stereocenters. The molecule has 4 nitrogen and oxygen atoms in total. The van der Waals surface area contributed by atoms with Crippen LogP contribution in [0.5, 0.6) is 5.75 Å². The maximum Gasteiger partial charge on any atom is 0.115 e. The number of imidazole rings is 1. The summed E-state index contributed by atoms with van der Waals surface area (Å²) in [5.74, 6) is 1.30. The molecule has 3 aromatic rings. The average molecular weight is 267 g/mol. The van der Waals surface area contributed by atoms with Crippen LogP contribution < -0.4 is 5.32 Å². The van der Waals surface area contributed by atoms with Crippen LogP contribution in [0.2, 0.25) is 0 Å². The number of benzene rings is 2. The van der Waals surface area contributed by atoms with Crippen LogP contribution in [0, 0.1) is 6.92 Å². The monoisotopic (exact) mass is 267 g/mol. The Morgan fingerprint density at radius 2 is 2.05 bits per heavy atom. The Hall–Kier alpha value is -2.49. The van der Waals surface area contributed by atoms with Crippen LogP contribution in [0.25, 0.3) is 11.0 Å². The van der Waals surface area contributed by atoms with Crippen molar-refractivity contribution < 1.29 is 5.11 Å². The van der Waals surface area contributed by atoms with E-state index >= 15 is 0 Å². The van der Waals surface area contributed by atoms with Crippen molar-refractivity contribution in [3.63, 3.8) is 0 Å². The smallest absolute Gasteiger partial charge is 0.115 e. The van der Waals surface area contributed by atoms with Crippen molar-refractivity contribution in [1.82, 2.24) is 9.55 Å². The number of hydrogen-bond donors (Lipinski definition) is 2. The van der Waals surface area contributed by atoms with Gasteiger partial charge in [-0.05, 0) is 42.8 Å². The van der Waals surface area contributed by atoms with Gasteiger partial charge in [-0.2, -0.15) is 0 Å². The first-order valence-electron chi connectivity index (χ1n) is 6.58. The lowest BCUT2D eigenvalue weighted by Crippen LogP contribution is -1.99. The Morgan fingerprint density at radius 1 is 1.20 bits per heavy atom. The molecule has 102 valence electrons. The van der Waals surface area contributed by atoms with E-state index in [4.69, 9.17) is 0 Å². The maximum atomic E-state index is 9.44. The molecule has 0 aliphatic carbocycles. The lowest BCUT2D eigenvalue weighted by Gasteiger charge is -2.07. The van der Waals surface area contributed by atoms with E-state index < -0.39 is 0 Å². The van der Waals surface area contributed by atoms with Gasteiger partial charge < -0.3 is 15.0 Å². The summed E-state index contributed by atoms with van der Waals surface area (Å²) in [7, 11) is 2.02. The highest BCUT2D eigenvalue weighted by Crippen LogP contribution is 2.20. The quantitative estimate of drug-likeness (QED) is 0.766. The predicted molar refractivity (Wildman–Crippen MR) is 80.9 cm³/mol. The summed E-state index contributed by atoms with van der Waals surface area (Å²) in [6.45, 7) is 2.67. The van der Waals surface area contributed by atoms with Crippen LogP contribution in [0.15, 0.2) is 42.5 Å². The molecule has 0 radical (unpaired) electrons. The van der Waals surface area contributed by atoms with Crippen LogP contribution in [0.1, 0.15) is 11.4 Å². The van der Waals surface area contributed by atoms with Crippen molar-refractivity contribution in [2.45, 2.75) is 13.5 Å². The highest BCUT2D eigenvalue weighted by atomic mass is 16.3. The number of nitrogens with one attached hydrogen (secondary N) is 1. The van der Waals surface area contributed by atoms with Gasteiger partial charge in [0.2, 0.25) is 0 Å². The molecule has 0 saturated heterocycles. The van der Waals surface area contributed by atoms with Crippen molar-refractivity contribution >= 4 is 16.7 Å². The summed E-state index contributed by atoms with van der Waals surface area (Å²) in [5, 5.41) is 12.8. The van der Waals surface area contributed by atoms with Crippen molar-refractivity contribution in [2.24, 2.45) is 7.05 Å². The molecular weight excluding hydrogens is 250 g/mol. The zero-order valence-corrected chi connectivity index (χ0v) is 11.6. The summed E-state index contributed by atoms with van der Waals surface area (Å²) in [6.07, 6.45) is 0. The summed E-state index contributed by atoms with van der Waals surface area (Å²) in [4.78, 5) is 4.53. The third kappa shape index (κ3) is 2.32. The molecule has 2 N–H and O–H groups in total. The maximum absolute atomic E-state index is 9.44. The Morgan fingerprint density at radius 3 is 2.85 bits per heavy atom. The molecule has 0 unspecified atom stereocenters. The van der Waals surface area contributed by atoms with E-state index in [2.05, 4.69) is 20.9 Å². The number of fused-ring (bicyclic) bond motifs is 1. The number of hydrogen-bond acceptors (Lipinski definition) is 3. The van der Waals surface area contributed by atoms with Crippen LogP contribution in [0.4, 0.5) is 5.69 Å². The van der Waals surface area contributed by atoms with Crippen LogP contribution in [-0.4, -0.2) is 14.7 Å². The number of aromatic hydroxyl groups is 1. The molecule has 0 fully saturated rings. The number of nitrogens with zero attached hydrogens (tertiary/aromatic N) is 2. The van der Waals surface area contributed by atoms with Gasteiger partial charge in [0.15, 0.2) is 0 Å². The average Bonchev–Trinajstić information content (AvgIpc) is 2.72. The van der Waals surface area contributed by atoms with E-state index in [9.17, 15) is 5.11 Å². The topological polar surface area (TPSA) is 50.1 Å². The zero-order valence-electron chi connectivity index (χ0n) is 11.6. The van der Waals surface area contributed by atoms with E-state index in [1.54, 1.807) is 12.1 Å². The second-order valence-corrected chi connectivity index (χ2v) is 4.94. The van der Waals surface area contributed by atoms with E-state index in [1.807, 2.05) is 38.2 Å². The van der Waals surface area contributed by atoms with Gasteiger partial charge in [-0.25, -0.2) is 4.98 Å². The van der Waals surface area contributed by atoms with Gasteiger partial charge in [0.05, 0.1) is 11.0 Å². The number of anilines is 1. The number of aromatic nitrogens is 2. The van der Waals surface area contributed by atoms with E-state index in [0.717, 1.165) is 28.1 Å². The Labute approximate surface area is 117 Å². The van der Waals surface area contributed by atoms with E-state index in [0.29, 0.717) is 12.3 Å². The molecule has 1 aromatic heterocycles. The van der Waals surface area contributed by atoms with E-state index in [-0.39, 0.29) is 0 Å². The van der Waals surface area contributed by atoms with Crippen molar-refractivity contribution in [2.75, 3.05) is 5.32 Å². The molecule has 0 aliphatic rings. The summed E-state index contributed by atoms with van der Waals surface area (Å²) in [6, 6.07) is 13.4. The van der Waals surface area contributed by atoms with Gasteiger partial charge >= 0.3 is 0 Å². The fourth-order valence-electron chi connectivity index (χ4n) is 2.30. The predicted octanol–water partition coefficient (Wildman–Crippen LogP) is 3.20. The molecule has 1 heterocycles. The van der Waals surface area contributed by atoms with Crippen molar-refractivity contribution in [3.8, 4) is 5.75 Å². The molecule has 20 heavy (non-hydrogen) atoms. The fraction of sp³-hybridized carbons (Fsp3) is 0.188. The van der Waals surface area contributed by atoms with Crippen LogP contribution in [-0.2, 0) is 13.6 Å². The minimum absolute atomic E-state index is 0.292. The Bertz CT molecular complexity index is 762. The molecule has 0 bridgehead atoms. The number of phenolic OH excluding ortho intramolecular Hbond substituents is 1. The zero-order chi connectivity index (χ0) is 14.1. The normalized spacial score (nSPS) is 10.9. The van der Waals surface area contributed by atoms with Gasteiger partial charge in [0.25, 0.3) is 0 Å². The third-order valence-corrected chi connectivity index (χ3v) is 3.51. The van der Waals surface area contributed by atoms with Crippen molar-refractivity contribution in [1.29, 1.82) is 0 Å². The molecular formula is C16H17N3O. The molecule has 0 aliphatic heterocycles. The molecule has 0 saturated carbocycles. The lowest BCUT2D eigenvalue weighted by atomic mass is 10.2. The van der Waals surface area contributed by atoms with Crippen LogP contribution in [0.3, 0.4) is 0 Å². The van der Waals surface area contributed by atoms with Gasteiger partial charge in [0.1, 0.15) is 11.6 Å². The second kappa shape index (κ2) is 4.89. The SMILES string of the molecule is Cc1nc2cc(NCc3cccc(O)c3)ccc2n1C. The number of phenols is 1. The van der Waals surface area contributed by atoms with Gasteiger partial charge in [-0.15, -0.1) is 0 Å². The molecule has 2 aromatic carbocycles. The first-order chi connectivity index (χ1) is 9.63. The van der Waals surface area contributed by atoms with Crippen LogP contribution >= 0.6 is 0 Å².